The molecule has 0 aliphatic carbocycles. The van der Waals surface area contributed by atoms with E-state index in [0.717, 1.165) is 89.9 Å². The van der Waals surface area contributed by atoms with Gasteiger partial charge in [0.25, 0.3) is 0 Å². The number of hydrogen-bond acceptors (Lipinski definition) is 7. The summed E-state index contributed by atoms with van der Waals surface area (Å²) in [5.74, 6) is 3.03. The van der Waals surface area contributed by atoms with E-state index >= 15 is 0 Å². The molecule has 0 aromatic carbocycles. The fourth-order valence-corrected chi connectivity index (χ4v) is 5.80. The summed E-state index contributed by atoms with van der Waals surface area (Å²) in [6, 6.07) is 7.38. The summed E-state index contributed by atoms with van der Waals surface area (Å²) in [5, 5.41) is 12.8. The van der Waals surface area contributed by atoms with Crippen molar-refractivity contribution in [3.8, 4) is 6.07 Å². The second kappa shape index (κ2) is 10.7. The first-order valence-electron chi connectivity index (χ1n) is 13.1. The van der Waals surface area contributed by atoms with Gasteiger partial charge in [-0.1, -0.05) is 6.92 Å². The van der Waals surface area contributed by atoms with Gasteiger partial charge in [-0.15, -0.1) is 0 Å². The molecule has 4 aliphatic heterocycles. The average molecular weight is 479 g/mol. The van der Waals surface area contributed by atoms with Gasteiger partial charge in [0.2, 0.25) is 0 Å². The Hall–Kier alpha value is -2.47. The minimum Gasteiger partial charge on any atom is -0.381 e. The van der Waals surface area contributed by atoms with Gasteiger partial charge in [0, 0.05) is 37.7 Å². The van der Waals surface area contributed by atoms with Crippen molar-refractivity contribution in [3.63, 3.8) is 0 Å². The number of nitrogens with zero attached hydrogens (tertiary/aromatic N) is 5. The minimum absolute atomic E-state index is 0.281. The summed E-state index contributed by atoms with van der Waals surface area (Å²) in [7, 11) is 1.75. The van der Waals surface area contributed by atoms with Crippen LogP contribution in [0.5, 0.6) is 0 Å². The molecule has 35 heavy (non-hydrogen) atoms. The number of nitriles is 1. The molecule has 0 bridgehead atoms. The van der Waals surface area contributed by atoms with Crippen LogP contribution in [0.25, 0.3) is 0 Å². The number of anilines is 2. The summed E-state index contributed by atoms with van der Waals surface area (Å²) in [6.07, 6.45) is 7.12. The van der Waals surface area contributed by atoms with Crippen LogP contribution in [0, 0.1) is 16.7 Å². The Kier molecular flexibility index (Phi) is 7.37. The normalized spacial score (nSPS) is 26.8. The second-order valence-corrected chi connectivity index (χ2v) is 10.5. The highest BCUT2D eigenvalue weighted by atomic mass is 16.5. The van der Waals surface area contributed by atoms with E-state index in [2.05, 4.69) is 38.3 Å². The van der Waals surface area contributed by atoms with Gasteiger partial charge in [-0.2, -0.15) is 5.26 Å². The van der Waals surface area contributed by atoms with E-state index in [1.807, 2.05) is 13.0 Å². The maximum absolute atomic E-state index is 9.38. The lowest BCUT2D eigenvalue weighted by atomic mass is 9.87. The van der Waals surface area contributed by atoms with Gasteiger partial charge >= 0.3 is 0 Å². The van der Waals surface area contributed by atoms with Crippen LogP contribution in [0.2, 0.25) is 0 Å². The van der Waals surface area contributed by atoms with Crippen LogP contribution >= 0.6 is 0 Å². The van der Waals surface area contributed by atoms with E-state index in [1.165, 1.54) is 5.56 Å². The van der Waals surface area contributed by atoms with Crippen molar-refractivity contribution >= 4 is 17.5 Å². The van der Waals surface area contributed by atoms with E-state index in [-0.39, 0.29) is 5.41 Å². The van der Waals surface area contributed by atoms with Gasteiger partial charge in [-0.25, -0.2) is 4.98 Å². The molecule has 1 spiro atoms. The van der Waals surface area contributed by atoms with Crippen molar-refractivity contribution in [2.75, 3.05) is 69.9 Å². The first kappa shape index (κ1) is 24.2. The first-order valence-corrected chi connectivity index (χ1v) is 13.1. The third kappa shape index (κ3) is 5.37. The van der Waals surface area contributed by atoms with Gasteiger partial charge < -0.3 is 19.7 Å². The van der Waals surface area contributed by atoms with Crippen LogP contribution < -0.4 is 10.2 Å². The molecule has 4 fully saturated rings. The third-order valence-electron chi connectivity index (χ3n) is 8.25. The topological polar surface area (TPSA) is 86.0 Å². The smallest absolute Gasteiger partial charge is 0.134 e. The zero-order chi connectivity index (χ0) is 24.3. The number of piperidine rings is 1. The Morgan fingerprint density at radius 1 is 1.26 bits per heavy atom. The van der Waals surface area contributed by atoms with Crippen molar-refractivity contribution in [3.05, 3.63) is 29.3 Å². The molecule has 8 heteroatoms. The molecule has 5 heterocycles. The molecule has 0 radical (unpaired) electrons. The number of allylic oxidation sites excluding steroid dienone is 1. The Morgan fingerprint density at radius 2 is 2.09 bits per heavy atom. The molecular formula is C27H38N6O2. The van der Waals surface area contributed by atoms with Crippen LogP contribution in [0.3, 0.4) is 0 Å². The average Bonchev–Trinajstić information content (AvgIpc) is 3.50. The highest BCUT2D eigenvalue weighted by Crippen LogP contribution is 2.41. The van der Waals surface area contributed by atoms with Crippen LogP contribution in [0.4, 0.5) is 11.6 Å². The lowest BCUT2D eigenvalue weighted by molar-refractivity contribution is -0.0712. The number of amidine groups is 1. The van der Waals surface area contributed by atoms with Crippen molar-refractivity contribution in [2.45, 2.75) is 51.0 Å². The summed E-state index contributed by atoms with van der Waals surface area (Å²) in [5.41, 5.74) is 2.33. The van der Waals surface area contributed by atoms with Crippen LogP contribution in [0.1, 0.15) is 50.5 Å². The largest absolute Gasteiger partial charge is 0.381 e. The van der Waals surface area contributed by atoms with Gasteiger partial charge in [-0.3, -0.25) is 9.89 Å². The van der Waals surface area contributed by atoms with E-state index < -0.39 is 0 Å². The molecule has 188 valence electrons. The van der Waals surface area contributed by atoms with Crippen LogP contribution in [-0.2, 0) is 9.47 Å². The lowest BCUT2D eigenvalue weighted by Gasteiger charge is -2.41. The molecule has 4 aliphatic rings. The molecule has 0 saturated carbocycles. The molecule has 1 atom stereocenters. The standard InChI is InChI=1S/C27H38N6O2/c1-3-20(15-28)12-24(29-2)30-25-13-22(21-4-8-32(9-5-21)23-16-35-17-23)14-26(31-25)33-10-6-27(18-33)7-11-34-19-27/h12-14,21,23H,3-11,16-19H2,1-2H3,(H,29,30,31)/b20-12+. The van der Waals surface area contributed by atoms with E-state index in [4.69, 9.17) is 14.5 Å². The van der Waals surface area contributed by atoms with Crippen molar-refractivity contribution in [1.82, 2.24) is 9.88 Å². The van der Waals surface area contributed by atoms with Crippen LogP contribution in [0.15, 0.2) is 28.8 Å². The zero-order valence-corrected chi connectivity index (χ0v) is 21.1. The fraction of sp³-hybridized carbons (Fsp3) is 0.667. The van der Waals surface area contributed by atoms with Gasteiger partial charge in [0.1, 0.15) is 17.5 Å². The first-order chi connectivity index (χ1) is 17.1. The van der Waals surface area contributed by atoms with Crippen molar-refractivity contribution < 1.29 is 9.47 Å². The number of aromatic nitrogens is 1. The Balaban J connectivity index is 1.38. The quantitative estimate of drug-likeness (QED) is 0.380. The van der Waals surface area contributed by atoms with E-state index in [1.54, 1.807) is 7.05 Å². The predicted molar refractivity (Wildman–Crippen MR) is 138 cm³/mol. The van der Waals surface area contributed by atoms with Gasteiger partial charge in [0.05, 0.1) is 31.9 Å². The Labute approximate surface area is 209 Å². The predicted octanol–water partition coefficient (Wildman–Crippen LogP) is 3.58. The van der Waals surface area contributed by atoms with E-state index in [0.29, 0.717) is 29.8 Å². The molecule has 1 unspecified atom stereocenters. The molecular weight excluding hydrogens is 440 g/mol. The molecule has 1 N–H and O–H groups in total. The fourth-order valence-electron chi connectivity index (χ4n) is 5.80. The summed E-state index contributed by atoms with van der Waals surface area (Å²) in [4.78, 5) is 14.4. The lowest BCUT2D eigenvalue weighted by Crippen LogP contribution is -2.51. The van der Waals surface area contributed by atoms with Crippen molar-refractivity contribution in [2.24, 2.45) is 10.4 Å². The molecule has 1 aromatic heterocycles. The number of nitrogens with one attached hydrogen (secondary N) is 1. The highest BCUT2D eigenvalue weighted by molar-refractivity contribution is 6.04. The minimum atomic E-state index is 0.281. The molecule has 8 nitrogen and oxygen atoms in total. The highest BCUT2D eigenvalue weighted by Gasteiger charge is 2.42. The summed E-state index contributed by atoms with van der Waals surface area (Å²) < 4.78 is 11.2. The molecule has 1 aromatic rings. The maximum atomic E-state index is 9.38. The molecule has 0 amide bonds. The second-order valence-electron chi connectivity index (χ2n) is 10.5. The number of hydrogen-bond donors (Lipinski definition) is 1. The van der Waals surface area contributed by atoms with E-state index in [9.17, 15) is 5.26 Å². The molecule has 5 rings (SSSR count). The number of rotatable bonds is 6. The summed E-state index contributed by atoms with van der Waals surface area (Å²) >= 11 is 0. The summed E-state index contributed by atoms with van der Waals surface area (Å²) in [6.45, 7) is 9.75. The maximum Gasteiger partial charge on any atom is 0.134 e. The molecule has 4 saturated heterocycles. The number of pyridine rings is 1. The Morgan fingerprint density at radius 3 is 2.71 bits per heavy atom. The monoisotopic (exact) mass is 478 g/mol. The SMILES string of the molecule is CC/C(C#N)=C\C(=NC)Nc1cc(C2CCN(C3COC3)CC2)cc(N2CCC3(CCOC3)C2)n1. The van der Waals surface area contributed by atoms with Gasteiger partial charge in [-0.05, 0) is 74.9 Å². The third-order valence-corrected chi connectivity index (χ3v) is 8.25. The zero-order valence-electron chi connectivity index (χ0n) is 21.1. The van der Waals surface area contributed by atoms with Crippen LogP contribution in [-0.4, -0.2) is 81.4 Å². The van der Waals surface area contributed by atoms with Crippen molar-refractivity contribution in [1.29, 1.82) is 5.26 Å². The number of aliphatic imine (C=N–C) groups is 1. The van der Waals surface area contributed by atoms with Gasteiger partial charge in [0.15, 0.2) is 0 Å². The number of likely N-dealkylation sites (tertiary alicyclic amines) is 1. The Bertz CT molecular complexity index is 997. The number of ether oxygens (including phenoxy) is 2.